The maximum atomic E-state index is 12.7. The third kappa shape index (κ3) is 4.70. The van der Waals surface area contributed by atoms with Gasteiger partial charge >= 0.3 is 0 Å². The number of nitrogens with zero attached hydrogens (tertiary/aromatic N) is 3. The fourth-order valence-electron chi connectivity index (χ4n) is 3.12. The van der Waals surface area contributed by atoms with Crippen molar-refractivity contribution in [3.63, 3.8) is 0 Å². The Hall–Kier alpha value is -2.19. The van der Waals surface area contributed by atoms with Crippen LogP contribution in [0.2, 0.25) is 0 Å². The van der Waals surface area contributed by atoms with Crippen LogP contribution in [-0.4, -0.2) is 48.9 Å². The lowest BCUT2D eigenvalue weighted by atomic mass is 10.1. The first-order valence-corrected chi connectivity index (χ1v) is 10.2. The van der Waals surface area contributed by atoms with E-state index in [1.807, 2.05) is 31.2 Å². The second kappa shape index (κ2) is 8.01. The van der Waals surface area contributed by atoms with Crippen molar-refractivity contribution in [2.45, 2.75) is 31.6 Å². The lowest BCUT2D eigenvalue weighted by Crippen LogP contribution is -2.42. The Bertz CT molecular complexity index is 849. The van der Waals surface area contributed by atoms with Gasteiger partial charge in [0.25, 0.3) is 0 Å². The summed E-state index contributed by atoms with van der Waals surface area (Å²) in [4.78, 5) is 8.16. The maximum Gasteiger partial charge on any atom is 0.218 e. The first-order chi connectivity index (χ1) is 12.5. The topological polar surface area (TPSA) is 84.4 Å². The Kier molecular flexibility index (Phi) is 5.73. The van der Waals surface area contributed by atoms with Gasteiger partial charge < -0.3 is 10.1 Å². The van der Waals surface area contributed by atoms with E-state index in [9.17, 15) is 8.42 Å². The molecular formula is C18H24N4O3S. The number of methoxy groups -OCH3 is 1. The second-order valence-electron chi connectivity index (χ2n) is 6.51. The molecule has 26 heavy (non-hydrogen) atoms. The van der Waals surface area contributed by atoms with E-state index in [-0.39, 0.29) is 11.8 Å². The van der Waals surface area contributed by atoms with Gasteiger partial charge in [-0.3, -0.25) is 0 Å². The molecular weight excluding hydrogens is 352 g/mol. The fourth-order valence-corrected chi connectivity index (χ4v) is 4.67. The zero-order chi connectivity index (χ0) is 18.6. The molecule has 0 bridgehead atoms. The summed E-state index contributed by atoms with van der Waals surface area (Å²) < 4.78 is 32.0. The molecule has 1 saturated heterocycles. The minimum absolute atomic E-state index is 0.0515. The van der Waals surface area contributed by atoms with E-state index < -0.39 is 10.0 Å². The van der Waals surface area contributed by atoms with Crippen molar-refractivity contribution >= 4 is 15.8 Å². The van der Waals surface area contributed by atoms with Gasteiger partial charge in [-0.15, -0.1) is 0 Å². The summed E-state index contributed by atoms with van der Waals surface area (Å²) in [5.41, 5.74) is 1.90. The van der Waals surface area contributed by atoms with Gasteiger partial charge in [-0.05, 0) is 25.3 Å². The summed E-state index contributed by atoms with van der Waals surface area (Å²) in [6, 6.07) is 9.57. The normalized spacial score (nSPS) is 16.4. The quantitative estimate of drug-likeness (QED) is 0.832. The number of rotatable bonds is 6. The van der Waals surface area contributed by atoms with Crippen LogP contribution in [0.3, 0.4) is 0 Å². The SMILES string of the molecule is COc1cc(NC2CCN(S(=O)(=O)Cc3cccc(C)c3)CC2)ncn1. The summed E-state index contributed by atoms with van der Waals surface area (Å²) in [6.07, 6.45) is 2.92. The monoisotopic (exact) mass is 376 g/mol. The lowest BCUT2D eigenvalue weighted by Gasteiger charge is -2.32. The van der Waals surface area contributed by atoms with E-state index in [4.69, 9.17) is 4.74 Å². The molecule has 1 N–H and O–H groups in total. The Morgan fingerprint density at radius 1 is 1.23 bits per heavy atom. The van der Waals surface area contributed by atoms with Crippen LogP contribution in [0.25, 0.3) is 0 Å². The molecule has 0 radical (unpaired) electrons. The molecule has 1 fully saturated rings. The first-order valence-electron chi connectivity index (χ1n) is 8.62. The molecule has 2 aromatic rings. The molecule has 0 spiro atoms. The van der Waals surface area contributed by atoms with Gasteiger partial charge in [0.2, 0.25) is 15.9 Å². The molecule has 0 atom stereocenters. The smallest absolute Gasteiger partial charge is 0.218 e. The average Bonchev–Trinajstić information content (AvgIpc) is 2.62. The van der Waals surface area contributed by atoms with Crippen molar-refractivity contribution in [1.29, 1.82) is 0 Å². The Morgan fingerprint density at radius 2 is 2.00 bits per heavy atom. The van der Waals surface area contributed by atoms with Gasteiger partial charge in [-0.25, -0.2) is 22.7 Å². The van der Waals surface area contributed by atoms with Gasteiger partial charge in [0, 0.05) is 25.2 Å². The minimum Gasteiger partial charge on any atom is -0.481 e. The molecule has 0 aliphatic carbocycles. The highest BCUT2D eigenvalue weighted by atomic mass is 32.2. The van der Waals surface area contributed by atoms with Crippen molar-refractivity contribution in [3.05, 3.63) is 47.8 Å². The second-order valence-corrected chi connectivity index (χ2v) is 8.48. The number of nitrogens with one attached hydrogen (secondary N) is 1. The van der Waals surface area contributed by atoms with Crippen LogP contribution in [0.4, 0.5) is 5.82 Å². The van der Waals surface area contributed by atoms with E-state index in [0.717, 1.165) is 24.0 Å². The zero-order valence-corrected chi connectivity index (χ0v) is 15.9. The van der Waals surface area contributed by atoms with Crippen LogP contribution in [0.5, 0.6) is 5.88 Å². The maximum absolute atomic E-state index is 12.7. The van der Waals surface area contributed by atoms with E-state index in [0.29, 0.717) is 24.8 Å². The summed E-state index contributed by atoms with van der Waals surface area (Å²) in [5, 5.41) is 3.33. The van der Waals surface area contributed by atoms with Crippen molar-refractivity contribution in [2.75, 3.05) is 25.5 Å². The summed E-state index contributed by atoms with van der Waals surface area (Å²) in [5.74, 6) is 1.24. The number of anilines is 1. The highest BCUT2D eigenvalue weighted by molar-refractivity contribution is 7.88. The number of piperidine rings is 1. The van der Waals surface area contributed by atoms with E-state index >= 15 is 0 Å². The number of ether oxygens (including phenoxy) is 1. The van der Waals surface area contributed by atoms with Crippen LogP contribution >= 0.6 is 0 Å². The fraction of sp³-hybridized carbons (Fsp3) is 0.444. The summed E-state index contributed by atoms with van der Waals surface area (Å²) >= 11 is 0. The zero-order valence-electron chi connectivity index (χ0n) is 15.1. The molecule has 3 rings (SSSR count). The van der Waals surface area contributed by atoms with Gasteiger partial charge in [0.05, 0.1) is 12.9 Å². The molecule has 2 heterocycles. The lowest BCUT2D eigenvalue weighted by molar-refractivity contribution is 0.329. The van der Waals surface area contributed by atoms with Crippen LogP contribution in [0.15, 0.2) is 36.7 Å². The molecule has 0 amide bonds. The number of sulfonamides is 1. The van der Waals surface area contributed by atoms with Crippen molar-refractivity contribution < 1.29 is 13.2 Å². The molecule has 1 aliphatic rings. The average molecular weight is 376 g/mol. The summed E-state index contributed by atoms with van der Waals surface area (Å²) in [7, 11) is -1.74. The van der Waals surface area contributed by atoms with Crippen LogP contribution in [0, 0.1) is 6.92 Å². The van der Waals surface area contributed by atoms with Crippen LogP contribution in [-0.2, 0) is 15.8 Å². The van der Waals surface area contributed by atoms with Gasteiger partial charge in [-0.1, -0.05) is 29.8 Å². The predicted molar refractivity (Wildman–Crippen MR) is 101 cm³/mol. The molecule has 8 heteroatoms. The Balaban J connectivity index is 1.57. The van der Waals surface area contributed by atoms with Gasteiger partial charge in [0.1, 0.15) is 12.1 Å². The number of hydrogen-bond acceptors (Lipinski definition) is 6. The minimum atomic E-state index is -3.30. The molecule has 1 aromatic carbocycles. The van der Waals surface area contributed by atoms with E-state index in [1.165, 1.54) is 6.33 Å². The number of hydrogen-bond donors (Lipinski definition) is 1. The van der Waals surface area contributed by atoms with Crippen LogP contribution in [0.1, 0.15) is 24.0 Å². The van der Waals surface area contributed by atoms with Gasteiger partial charge in [0.15, 0.2) is 0 Å². The standard InChI is InChI=1S/C18H24N4O3S/c1-14-4-3-5-15(10-14)12-26(23,24)22-8-6-16(7-9-22)21-17-11-18(25-2)20-13-19-17/h3-5,10-11,13,16H,6-9,12H2,1-2H3,(H,19,20,21). The first kappa shape index (κ1) is 18.6. The molecule has 1 aliphatic heterocycles. The Morgan fingerprint density at radius 3 is 2.69 bits per heavy atom. The number of aromatic nitrogens is 2. The highest BCUT2D eigenvalue weighted by Crippen LogP contribution is 2.21. The molecule has 140 valence electrons. The highest BCUT2D eigenvalue weighted by Gasteiger charge is 2.28. The molecule has 7 nitrogen and oxygen atoms in total. The van der Waals surface area contributed by atoms with E-state index in [2.05, 4.69) is 15.3 Å². The van der Waals surface area contributed by atoms with Crippen molar-refractivity contribution in [2.24, 2.45) is 0 Å². The number of benzene rings is 1. The third-order valence-corrected chi connectivity index (χ3v) is 6.33. The van der Waals surface area contributed by atoms with Gasteiger partial charge in [-0.2, -0.15) is 0 Å². The molecule has 0 saturated carbocycles. The van der Waals surface area contributed by atoms with Crippen molar-refractivity contribution in [3.8, 4) is 5.88 Å². The number of aryl methyl sites for hydroxylation is 1. The largest absolute Gasteiger partial charge is 0.481 e. The van der Waals surface area contributed by atoms with E-state index in [1.54, 1.807) is 17.5 Å². The third-order valence-electron chi connectivity index (χ3n) is 4.48. The summed E-state index contributed by atoms with van der Waals surface area (Å²) in [6.45, 7) is 2.98. The molecule has 1 aromatic heterocycles. The Labute approximate surface area is 154 Å². The van der Waals surface area contributed by atoms with Crippen LogP contribution < -0.4 is 10.1 Å². The molecule has 0 unspecified atom stereocenters. The van der Waals surface area contributed by atoms with Crippen molar-refractivity contribution in [1.82, 2.24) is 14.3 Å². The predicted octanol–water partition coefficient (Wildman–Crippen LogP) is 2.20.